The quantitative estimate of drug-likeness (QED) is 0.862. The van der Waals surface area contributed by atoms with E-state index in [-0.39, 0.29) is 24.2 Å². The van der Waals surface area contributed by atoms with Gasteiger partial charge in [0.05, 0.1) is 5.02 Å². The molecular weight excluding hydrogens is 233 g/mol. The molecular formula is C11H17Cl2NO. The van der Waals surface area contributed by atoms with E-state index < -0.39 is 0 Å². The second kappa shape index (κ2) is 6.21. The average molecular weight is 250 g/mol. The number of rotatable bonds is 3. The summed E-state index contributed by atoms with van der Waals surface area (Å²) in [5.41, 5.74) is 6.95. The summed E-state index contributed by atoms with van der Waals surface area (Å²) in [6.07, 6.45) is 0.918. The van der Waals surface area contributed by atoms with E-state index in [9.17, 15) is 5.11 Å². The van der Waals surface area contributed by atoms with Crippen LogP contribution in [0.25, 0.3) is 0 Å². The summed E-state index contributed by atoms with van der Waals surface area (Å²) in [5, 5.41) is 9.60. The van der Waals surface area contributed by atoms with Crippen molar-refractivity contribution in [2.24, 2.45) is 11.7 Å². The number of phenolic OH excluding ortho intramolecular Hbond substituents is 1. The van der Waals surface area contributed by atoms with Crippen molar-refractivity contribution in [3.8, 4) is 5.75 Å². The fraction of sp³-hybridized carbons (Fsp3) is 0.455. The van der Waals surface area contributed by atoms with Crippen LogP contribution in [0.2, 0.25) is 5.02 Å². The minimum absolute atomic E-state index is 0. The zero-order valence-corrected chi connectivity index (χ0v) is 10.5. The third-order valence-corrected chi connectivity index (χ3v) is 2.43. The van der Waals surface area contributed by atoms with E-state index in [2.05, 4.69) is 13.8 Å². The molecule has 0 bridgehead atoms. The molecule has 0 aliphatic carbocycles. The summed E-state index contributed by atoms with van der Waals surface area (Å²) in [6, 6.07) is 5.11. The fourth-order valence-electron chi connectivity index (χ4n) is 1.40. The molecule has 0 fully saturated rings. The number of aromatic hydroxyl groups is 1. The monoisotopic (exact) mass is 249 g/mol. The van der Waals surface area contributed by atoms with Gasteiger partial charge in [-0.15, -0.1) is 12.4 Å². The van der Waals surface area contributed by atoms with Gasteiger partial charge >= 0.3 is 0 Å². The van der Waals surface area contributed by atoms with E-state index in [0.29, 0.717) is 10.9 Å². The first-order valence-electron chi connectivity index (χ1n) is 4.74. The maximum absolute atomic E-state index is 9.23. The van der Waals surface area contributed by atoms with E-state index >= 15 is 0 Å². The highest BCUT2D eigenvalue weighted by molar-refractivity contribution is 6.32. The Balaban J connectivity index is 0.00000196. The van der Waals surface area contributed by atoms with Crippen LogP contribution in [-0.4, -0.2) is 5.11 Å². The topological polar surface area (TPSA) is 46.2 Å². The summed E-state index contributed by atoms with van der Waals surface area (Å²) >= 11 is 5.79. The predicted octanol–water partition coefficient (Wildman–Crippen LogP) is 3.51. The van der Waals surface area contributed by atoms with Gasteiger partial charge in [-0.2, -0.15) is 0 Å². The van der Waals surface area contributed by atoms with Crippen LogP contribution in [0.15, 0.2) is 18.2 Å². The smallest absolute Gasteiger partial charge is 0.134 e. The second-order valence-corrected chi connectivity index (χ2v) is 4.35. The molecule has 1 atom stereocenters. The summed E-state index contributed by atoms with van der Waals surface area (Å²) in [6.45, 7) is 4.25. The largest absolute Gasteiger partial charge is 0.506 e. The number of halogens is 2. The van der Waals surface area contributed by atoms with Crippen molar-refractivity contribution in [1.29, 1.82) is 0 Å². The van der Waals surface area contributed by atoms with Gasteiger partial charge in [-0.25, -0.2) is 0 Å². The van der Waals surface area contributed by atoms with Gasteiger partial charge in [-0.05, 0) is 30.0 Å². The van der Waals surface area contributed by atoms with Crippen molar-refractivity contribution >= 4 is 24.0 Å². The van der Waals surface area contributed by atoms with E-state index in [1.54, 1.807) is 12.1 Å². The number of benzene rings is 1. The van der Waals surface area contributed by atoms with Gasteiger partial charge in [0.2, 0.25) is 0 Å². The van der Waals surface area contributed by atoms with Crippen LogP contribution in [0.1, 0.15) is 31.9 Å². The minimum atomic E-state index is -0.00639. The Labute approximate surface area is 102 Å². The third kappa shape index (κ3) is 4.29. The van der Waals surface area contributed by atoms with Crippen molar-refractivity contribution in [3.05, 3.63) is 28.8 Å². The molecule has 0 saturated carbocycles. The van der Waals surface area contributed by atoms with Crippen molar-refractivity contribution in [3.63, 3.8) is 0 Å². The zero-order chi connectivity index (χ0) is 10.7. The molecule has 3 N–H and O–H groups in total. The molecule has 15 heavy (non-hydrogen) atoms. The van der Waals surface area contributed by atoms with Crippen LogP contribution in [0.4, 0.5) is 0 Å². The molecule has 0 aliphatic heterocycles. The van der Waals surface area contributed by atoms with Crippen molar-refractivity contribution in [1.82, 2.24) is 0 Å². The molecule has 1 aromatic carbocycles. The molecule has 0 spiro atoms. The van der Waals surface area contributed by atoms with Gasteiger partial charge in [-0.3, -0.25) is 0 Å². The molecule has 0 heterocycles. The van der Waals surface area contributed by atoms with Crippen molar-refractivity contribution in [2.75, 3.05) is 0 Å². The summed E-state index contributed by atoms with van der Waals surface area (Å²) in [4.78, 5) is 0. The Morgan fingerprint density at radius 2 is 2.00 bits per heavy atom. The maximum Gasteiger partial charge on any atom is 0.134 e. The lowest BCUT2D eigenvalue weighted by Gasteiger charge is -2.14. The normalized spacial score (nSPS) is 12.3. The molecule has 1 aromatic rings. The van der Waals surface area contributed by atoms with Gasteiger partial charge in [0.25, 0.3) is 0 Å². The van der Waals surface area contributed by atoms with Crippen molar-refractivity contribution in [2.45, 2.75) is 26.3 Å². The summed E-state index contributed by atoms with van der Waals surface area (Å²) < 4.78 is 0. The predicted molar refractivity (Wildman–Crippen MR) is 66.7 cm³/mol. The van der Waals surface area contributed by atoms with Crippen LogP contribution >= 0.6 is 24.0 Å². The molecule has 0 aromatic heterocycles. The first-order chi connectivity index (χ1) is 6.50. The van der Waals surface area contributed by atoms with Crippen LogP contribution in [0.3, 0.4) is 0 Å². The Kier molecular flexibility index (Phi) is 6.03. The summed E-state index contributed by atoms with van der Waals surface area (Å²) in [5.74, 6) is 0.657. The Hall–Kier alpha value is -0.440. The Morgan fingerprint density at radius 1 is 1.40 bits per heavy atom. The average Bonchev–Trinajstić information content (AvgIpc) is 2.08. The van der Waals surface area contributed by atoms with Crippen LogP contribution in [-0.2, 0) is 0 Å². The fourth-order valence-corrected chi connectivity index (χ4v) is 1.59. The van der Waals surface area contributed by atoms with Crippen LogP contribution < -0.4 is 5.73 Å². The first-order valence-corrected chi connectivity index (χ1v) is 5.12. The van der Waals surface area contributed by atoms with Crippen LogP contribution in [0, 0.1) is 5.92 Å². The van der Waals surface area contributed by atoms with Gasteiger partial charge in [0.1, 0.15) is 5.75 Å². The molecule has 2 nitrogen and oxygen atoms in total. The van der Waals surface area contributed by atoms with E-state index in [1.165, 1.54) is 0 Å². The Morgan fingerprint density at radius 3 is 2.47 bits per heavy atom. The highest BCUT2D eigenvalue weighted by Crippen LogP contribution is 2.27. The number of nitrogens with two attached hydrogens (primary N) is 1. The first kappa shape index (κ1) is 14.6. The van der Waals surface area contributed by atoms with Gasteiger partial charge in [-0.1, -0.05) is 31.5 Å². The highest BCUT2D eigenvalue weighted by atomic mass is 35.5. The maximum atomic E-state index is 9.23. The van der Waals surface area contributed by atoms with Gasteiger partial charge in [0.15, 0.2) is 0 Å². The van der Waals surface area contributed by atoms with Crippen molar-refractivity contribution < 1.29 is 5.11 Å². The Bertz CT molecular complexity index is 315. The lowest BCUT2D eigenvalue weighted by molar-refractivity contribution is 0.473. The number of hydrogen-bond acceptors (Lipinski definition) is 2. The van der Waals surface area contributed by atoms with E-state index in [4.69, 9.17) is 17.3 Å². The third-order valence-electron chi connectivity index (χ3n) is 2.13. The molecule has 86 valence electrons. The molecule has 0 saturated heterocycles. The molecule has 0 unspecified atom stereocenters. The lowest BCUT2D eigenvalue weighted by Crippen LogP contribution is -2.12. The molecule has 4 heteroatoms. The standard InChI is InChI=1S/C11H16ClNO.ClH/c1-7(2)5-10(13)8-3-4-11(14)9(12)6-8;/h3-4,6-7,10,14H,5,13H2,1-2H3;1H/t10-;/m0./s1. The SMILES string of the molecule is CC(C)C[C@H](N)c1ccc(O)c(Cl)c1.Cl. The zero-order valence-electron chi connectivity index (χ0n) is 8.90. The number of hydrogen-bond donors (Lipinski definition) is 2. The molecule has 0 amide bonds. The van der Waals surface area contributed by atoms with E-state index in [0.717, 1.165) is 12.0 Å². The van der Waals surface area contributed by atoms with Gasteiger partial charge in [0, 0.05) is 6.04 Å². The molecule has 0 aliphatic rings. The number of phenols is 1. The van der Waals surface area contributed by atoms with E-state index in [1.807, 2.05) is 6.07 Å². The molecule has 0 radical (unpaired) electrons. The molecule has 1 rings (SSSR count). The van der Waals surface area contributed by atoms with Crippen LogP contribution in [0.5, 0.6) is 5.75 Å². The highest BCUT2D eigenvalue weighted by Gasteiger charge is 2.09. The second-order valence-electron chi connectivity index (χ2n) is 3.95. The van der Waals surface area contributed by atoms with Gasteiger partial charge < -0.3 is 10.8 Å². The summed E-state index contributed by atoms with van der Waals surface area (Å²) in [7, 11) is 0. The lowest BCUT2D eigenvalue weighted by atomic mass is 9.98. The minimum Gasteiger partial charge on any atom is -0.506 e.